The molecule has 0 spiro atoms. The van der Waals surface area contributed by atoms with E-state index in [0.29, 0.717) is 19.6 Å². The van der Waals surface area contributed by atoms with Gasteiger partial charge >= 0.3 is 0 Å². The van der Waals surface area contributed by atoms with Crippen molar-refractivity contribution in [3.63, 3.8) is 0 Å². The van der Waals surface area contributed by atoms with E-state index in [4.69, 9.17) is 0 Å². The monoisotopic (exact) mass is 313 g/mol. The van der Waals surface area contributed by atoms with E-state index in [-0.39, 0.29) is 0 Å². The van der Waals surface area contributed by atoms with Crippen LogP contribution < -0.4 is 5.32 Å². The van der Waals surface area contributed by atoms with Gasteiger partial charge in [-0.3, -0.25) is 0 Å². The van der Waals surface area contributed by atoms with Gasteiger partial charge in [0.1, 0.15) is 0 Å². The van der Waals surface area contributed by atoms with Gasteiger partial charge in [-0.1, -0.05) is 30.4 Å². The molecule has 1 aromatic carbocycles. The van der Waals surface area contributed by atoms with Crippen LogP contribution in [0, 0.1) is 0 Å². The summed E-state index contributed by atoms with van der Waals surface area (Å²) in [6, 6.07) is 7.99. The van der Waals surface area contributed by atoms with Crippen molar-refractivity contribution >= 4 is 36.7 Å². The number of rotatable bonds is 7. The zero-order chi connectivity index (χ0) is 14.6. The number of nitrogens with one attached hydrogen (secondary N) is 1. The fourth-order valence-electron chi connectivity index (χ4n) is 1.96. The predicted molar refractivity (Wildman–Crippen MR) is 84.8 cm³/mol. The average molecular weight is 313 g/mol. The Bertz CT molecular complexity index is 634. The third-order valence-corrected chi connectivity index (χ3v) is 5.35. The lowest BCUT2D eigenvalue weighted by molar-refractivity contribution is 0.429. The first-order chi connectivity index (χ1) is 9.50. The van der Waals surface area contributed by atoms with E-state index in [1.807, 2.05) is 31.2 Å². The normalized spacial score (nSPS) is 12.2. The quantitative estimate of drug-likeness (QED) is 0.797. The van der Waals surface area contributed by atoms with Crippen LogP contribution in [0.2, 0.25) is 0 Å². The predicted octanol–water partition coefficient (Wildman–Crippen LogP) is 2.38. The van der Waals surface area contributed by atoms with Crippen LogP contribution in [0.3, 0.4) is 0 Å². The SMILES string of the molecule is CCN(CCCNc1nc2ccccc2s1)S(C)(=O)=O. The Kier molecular flexibility index (Phi) is 4.95. The molecule has 0 atom stereocenters. The fraction of sp³-hybridized carbons (Fsp3) is 0.462. The highest BCUT2D eigenvalue weighted by molar-refractivity contribution is 7.88. The van der Waals surface area contributed by atoms with E-state index in [1.165, 1.54) is 10.6 Å². The average Bonchev–Trinajstić information content (AvgIpc) is 2.79. The van der Waals surface area contributed by atoms with Crippen LogP contribution >= 0.6 is 11.3 Å². The summed E-state index contributed by atoms with van der Waals surface area (Å²) in [6.45, 7) is 3.61. The van der Waals surface area contributed by atoms with Gasteiger partial charge in [-0.25, -0.2) is 17.7 Å². The third kappa shape index (κ3) is 3.91. The van der Waals surface area contributed by atoms with Crippen molar-refractivity contribution < 1.29 is 8.42 Å². The summed E-state index contributed by atoms with van der Waals surface area (Å²) < 4.78 is 25.5. The Labute approximate surface area is 123 Å². The van der Waals surface area contributed by atoms with Crippen molar-refractivity contribution in [1.29, 1.82) is 0 Å². The molecule has 2 rings (SSSR count). The highest BCUT2D eigenvalue weighted by atomic mass is 32.2. The molecule has 0 aliphatic heterocycles. The Morgan fingerprint density at radius 2 is 2.10 bits per heavy atom. The van der Waals surface area contributed by atoms with Gasteiger partial charge in [0.25, 0.3) is 0 Å². The van der Waals surface area contributed by atoms with Crippen molar-refractivity contribution in [3.05, 3.63) is 24.3 Å². The second-order valence-electron chi connectivity index (χ2n) is 4.52. The van der Waals surface area contributed by atoms with Crippen LogP contribution in [0.15, 0.2) is 24.3 Å². The molecular weight excluding hydrogens is 294 g/mol. The highest BCUT2D eigenvalue weighted by Crippen LogP contribution is 2.25. The number of sulfonamides is 1. The van der Waals surface area contributed by atoms with E-state index in [2.05, 4.69) is 10.3 Å². The number of anilines is 1. The molecule has 0 fully saturated rings. The molecular formula is C13H19N3O2S2. The van der Waals surface area contributed by atoms with Crippen molar-refractivity contribution in [2.75, 3.05) is 31.2 Å². The maximum absolute atomic E-state index is 11.4. The summed E-state index contributed by atoms with van der Waals surface area (Å²) in [4.78, 5) is 4.47. The number of fused-ring (bicyclic) bond motifs is 1. The summed E-state index contributed by atoms with van der Waals surface area (Å²) in [5.74, 6) is 0. The van der Waals surface area contributed by atoms with E-state index >= 15 is 0 Å². The third-order valence-electron chi connectivity index (χ3n) is 2.98. The van der Waals surface area contributed by atoms with Crippen molar-refractivity contribution in [2.24, 2.45) is 0 Å². The molecule has 5 nitrogen and oxygen atoms in total. The van der Waals surface area contributed by atoms with Crippen LogP contribution in [-0.4, -0.2) is 43.6 Å². The maximum Gasteiger partial charge on any atom is 0.211 e. The molecule has 110 valence electrons. The summed E-state index contributed by atoms with van der Waals surface area (Å²) in [6.07, 6.45) is 2.01. The van der Waals surface area contributed by atoms with Gasteiger partial charge in [-0.15, -0.1) is 0 Å². The van der Waals surface area contributed by atoms with E-state index in [0.717, 1.165) is 21.8 Å². The second kappa shape index (κ2) is 6.51. The first-order valence-electron chi connectivity index (χ1n) is 6.55. The van der Waals surface area contributed by atoms with Crippen molar-refractivity contribution in [1.82, 2.24) is 9.29 Å². The van der Waals surface area contributed by atoms with E-state index in [1.54, 1.807) is 11.3 Å². The Morgan fingerprint density at radius 3 is 2.75 bits per heavy atom. The second-order valence-corrected chi connectivity index (χ2v) is 7.53. The molecule has 0 saturated heterocycles. The Morgan fingerprint density at radius 1 is 1.35 bits per heavy atom. The molecule has 2 aromatic rings. The maximum atomic E-state index is 11.4. The number of para-hydroxylation sites is 1. The van der Waals surface area contributed by atoms with Crippen LogP contribution in [-0.2, 0) is 10.0 Å². The molecule has 1 aromatic heterocycles. The lowest BCUT2D eigenvalue weighted by Crippen LogP contribution is -2.31. The van der Waals surface area contributed by atoms with Crippen LogP contribution in [0.25, 0.3) is 10.2 Å². The molecule has 1 N–H and O–H groups in total. The van der Waals surface area contributed by atoms with E-state index < -0.39 is 10.0 Å². The minimum atomic E-state index is -3.09. The van der Waals surface area contributed by atoms with Gasteiger partial charge in [0, 0.05) is 19.6 Å². The van der Waals surface area contributed by atoms with Crippen LogP contribution in [0.1, 0.15) is 13.3 Å². The van der Waals surface area contributed by atoms with Crippen LogP contribution in [0.4, 0.5) is 5.13 Å². The summed E-state index contributed by atoms with van der Waals surface area (Å²) in [5.41, 5.74) is 0.992. The smallest absolute Gasteiger partial charge is 0.211 e. The minimum absolute atomic E-state index is 0.514. The van der Waals surface area contributed by atoms with Gasteiger partial charge in [0.2, 0.25) is 10.0 Å². The first kappa shape index (κ1) is 15.2. The molecule has 20 heavy (non-hydrogen) atoms. The van der Waals surface area contributed by atoms with E-state index in [9.17, 15) is 8.42 Å². The lowest BCUT2D eigenvalue weighted by Gasteiger charge is -2.17. The van der Waals surface area contributed by atoms with Gasteiger partial charge in [0.15, 0.2) is 5.13 Å². The summed E-state index contributed by atoms with van der Waals surface area (Å²) in [5, 5.41) is 4.13. The molecule has 0 bridgehead atoms. The number of aromatic nitrogens is 1. The molecule has 0 aliphatic carbocycles. The minimum Gasteiger partial charge on any atom is -0.361 e. The lowest BCUT2D eigenvalue weighted by atomic mass is 10.3. The number of thiazole rings is 1. The molecule has 0 saturated carbocycles. The standard InChI is InChI=1S/C13H19N3O2S2/c1-3-16(20(2,17)18)10-6-9-14-13-15-11-7-4-5-8-12(11)19-13/h4-5,7-8H,3,6,9-10H2,1-2H3,(H,14,15). The summed E-state index contributed by atoms with van der Waals surface area (Å²) in [7, 11) is -3.09. The molecule has 1 heterocycles. The molecule has 7 heteroatoms. The first-order valence-corrected chi connectivity index (χ1v) is 9.21. The zero-order valence-electron chi connectivity index (χ0n) is 11.7. The Balaban J connectivity index is 1.84. The fourth-order valence-corrected chi connectivity index (χ4v) is 3.78. The van der Waals surface area contributed by atoms with Gasteiger partial charge in [0.05, 0.1) is 16.5 Å². The van der Waals surface area contributed by atoms with Gasteiger partial charge in [-0.05, 0) is 18.6 Å². The largest absolute Gasteiger partial charge is 0.361 e. The summed E-state index contributed by atoms with van der Waals surface area (Å²) >= 11 is 1.61. The number of benzene rings is 1. The van der Waals surface area contributed by atoms with Gasteiger partial charge < -0.3 is 5.32 Å². The van der Waals surface area contributed by atoms with Crippen molar-refractivity contribution in [2.45, 2.75) is 13.3 Å². The number of hydrogen-bond acceptors (Lipinski definition) is 5. The van der Waals surface area contributed by atoms with Crippen LogP contribution in [0.5, 0.6) is 0 Å². The number of nitrogens with zero attached hydrogens (tertiary/aromatic N) is 2. The topological polar surface area (TPSA) is 62.3 Å². The molecule has 0 unspecified atom stereocenters. The molecule has 0 radical (unpaired) electrons. The van der Waals surface area contributed by atoms with Crippen molar-refractivity contribution in [3.8, 4) is 0 Å². The Hall–Kier alpha value is -1.18. The number of hydrogen-bond donors (Lipinski definition) is 1. The van der Waals surface area contributed by atoms with Gasteiger partial charge in [-0.2, -0.15) is 0 Å². The highest BCUT2D eigenvalue weighted by Gasteiger charge is 2.13. The molecule has 0 amide bonds. The zero-order valence-corrected chi connectivity index (χ0v) is 13.3. The molecule has 0 aliphatic rings.